The summed E-state index contributed by atoms with van der Waals surface area (Å²) < 4.78 is 24.7. The predicted octanol–water partition coefficient (Wildman–Crippen LogP) is 2.77. The normalized spacial score (nSPS) is 23.5. The number of hydrogen-bond donors (Lipinski definition) is 2. The van der Waals surface area contributed by atoms with Gasteiger partial charge in [-0.25, -0.2) is 4.39 Å². The smallest absolute Gasteiger partial charge is 0.267 e. The summed E-state index contributed by atoms with van der Waals surface area (Å²) in [5.41, 5.74) is 1.07. The van der Waals surface area contributed by atoms with Crippen LogP contribution >= 0.6 is 0 Å². The van der Waals surface area contributed by atoms with Crippen molar-refractivity contribution < 1.29 is 18.7 Å². The molecule has 4 rings (SSSR count). The third-order valence-electron chi connectivity index (χ3n) is 5.06. The fourth-order valence-electron chi connectivity index (χ4n) is 3.73. The molecule has 2 saturated heterocycles. The van der Waals surface area contributed by atoms with Crippen LogP contribution < -0.4 is 5.32 Å². The minimum Gasteiger partial charge on any atom is -0.381 e. The molecule has 6 heteroatoms. The molecule has 1 aromatic heterocycles. The van der Waals surface area contributed by atoms with Crippen LogP contribution in [-0.2, 0) is 9.47 Å². The topological polar surface area (TPSA) is 63.4 Å². The lowest BCUT2D eigenvalue weighted by Crippen LogP contribution is -2.51. The molecule has 2 N–H and O–H groups in total. The second-order valence-corrected chi connectivity index (χ2v) is 6.72. The number of hydrogen-bond acceptors (Lipinski definition) is 3. The third-order valence-corrected chi connectivity index (χ3v) is 5.06. The van der Waals surface area contributed by atoms with Crippen molar-refractivity contribution in [2.75, 3.05) is 19.8 Å². The van der Waals surface area contributed by atoms with Crippen LogP contribution in [0.2, 0.25) is 0 Å². The quantitative estimate of drug-likeness (QED) is 0.889. The fraction of sp³-hybridized carbons (Fsp3) is 0.500. The molecular formula is C18H21FN2O3. The van der Waals surface area contributed by atoms with Gasteiger partial charge in [0.05, 0.1) is 5.60 Å². The summed E-state index contributed by atoms with van der Waals surface area (Å²) in [6.45, 7) is 2.09. The van der Waals surface area contributed by atoms with E-state index < -0.39 is 0 Å². The van der Waals surface area contributed by atoms with Crippen molar-refractivity contribution in [1.82, 2.24) is 10.3 Å². The van der Waals surface area contributed by atoms with Crippen molar-refractivity contribution in [3.8, 4) is 0 Å². The minimum atomic E-state index is -0.306. The molecule has 1 aromatic carbocycles. The van der Waals surface area contributed by atoms with E-state index in [2.05, 4.69) is 10.3 Å². The molecule has 2 aliphatic rings. The average Bonchev–Trinajstić information content (AvgIpc) is 2.99. The number of halogens is 1. The van der Waals surface area contributed by atoms with E-state index in [4.69, 9.17) is 9.47 Å². The summed E-state index contributed by atoms with van der Waals surface area (Å²) in [4.78, 5) is 15.6. The summed E-state index contributed by atoms with van der Waals surface area (Å²) in [6.07, 6.45) is 3.39. The zero-order valence-electron chi connectivity index (χ0n) is 13.4. The van der Waals surface area contributed by atoms with E-state index in [1.165, 1.54) is 12.1 Å². The second-order valence-electron chi connectivity index (χ2n) is 6.72. The number of rotatable bonds is 2. The first-order chi connectivity index (χ1) is 11.6. The van der Waals surface area contributed by atoms with Crippen LogP contribution in [0.4, 0.5) is 4.39 Å². The SMILES string of the molecule is O=C(NC1CCOC2(CCOCC2)C1)c1cc2cc(F)ccc2[nH]1. The zero-order valence-corrected chi connectivity index (χ0v) is 13.4. The Morgan fingerprint density at radius 3 is 2.92 bits per heavy atom. The Labute approximate surface area is 139 Å². The zero-order chi connectivity index (χ0) is 16.6. The molecule has 128 valence electrons. The van der Waals surface area contributed by atoms with Crippen molar-refractivity contribution in [1.29, 1.82) is 0 Å². The standard InChI is InChI=1S/C18H21FN2O3/c19-13-1-2-15-12(9-13)10-16(21-15)17(22)20-14-3-6-24-18(11-14)4-7-23-8-5-18/h1-2,9-10,14,21H,3-8,11H2,(H,20,22). The van der Waals surface area contributed by atoms with E-state index in [-0.39, 0.29) is 23.4 Å². The van der Waals surface area contributed by atoms with E-state index in [1.807, 2.05) is 0 Å². The summed E-state index contributed by atoms with van der Waals surface area (Å²) >= 11 is 0. The van der Waals surface area contributed by atoms with Gasteiger partial charge >= 0.3 is 0 Å². The molecule has 0 saturated carbocycles. The molecule has 1 unspecified atom stereocenters. The maximum absolute atomic E-state index is 13.3. The van der Waals surface area contributed by atoms with Crippen molar-refractivity contribution in [2.24, 2.45) is 0 Å². The highest BCUT2D eigenvalue weighted by atomic mass is 19.1. The van der Waals surface area contributed by atoms with Gasteiger partial charge in [0.15, 0.2) is 0 Å². The van der Waals surface area contributed by atoms with Gasteiger partial charge in [-0.1, -0.05) is 0 Å². The Hall–Kier alpha value is -1.92. The lowest BCUT2D eigenvalue weighted by molar-refractivity contribution is -0.139. The van der Waals surface area contributed by atoms with Crippen LogP contribution in [0.15, 0.2) is 24.3 Å². The van der Waals surface area contributed by atoms with Crippen molar-refractivity contribution in [2.45, 2.75) is 37.3 Å². The maximum Gasteiger partial charge on any atom is 0.267 e. The first-order valence-corrected chi connectivity index (χ1v) is 8.44. The number of nitrogens with one attached hydrogen (secondary N) is 2. The Kier molecular flexibility index (Phi) is 4.02. The first-order valence-electron chi connectivity index (χ1n) is 8.44. The number of carbonyl (C=O) groups is 1. The summed E-state index contributed by atoms with van der Waals surface area (Å²) in [5.74, 6) is -0.458. The first kappa shape index (κ1) is 15.6. The third kappa shape index (κ3) is 3.03. The average molecular weight is 332 g/mol. The Morgan fingerprint density at radius 1 is 1.25 bits per heavy atom. The van der Waals surface area contributed by atoms with Gasteiger partial charge in [-0.2, -0.15) is 0 Å². The molecule has 5 nitrogen and oxygen atoms in total. The number of amides is 1. The van der Waals surface area contributed by atoms with Gasteiger partial charge < -0.3 is 19.8 Å². The summed E-state index contributed by atoms with van der Waals surface area (Å²) in [5, 5.41) is 3.80. The van der Waals surface area contributed by atoms with Crippen LogP contribution in [0.1, 0.15) is 36.2 Å². The molecule has 0 radical (unpaired) electrons. The van der Waals surface area contributed by atoms with E-state index in [1.54, 1.807) is 12.1 Å². The van der Waals surface area contributed by atoms with Crippen LogP contribution in [0.5, 0.6) is 0 Å². The molecule has 1 atom stereocenters. The number of benzene rings is 1. The Balaban J connectivity index is 1.46. The van der Waals surface area contributed by atoms with Gasteiger partial charge in [-0.05, 0) is 49.9 Å². The number of carbonyl (C=O) groups excluding carboxylic acids is 1. The van der Waals surface area contributed by atoms with Gasteiger partial charge in [0, 0.05) is 36.8 Å². The van der Waals surface area contributed by atoms with E-state index >= 15 is 0 Å². The molecule has 1 amide bonds. The Bertz CT molecular complexity index is 746. The van der Waals surface area contributed by atoms with Crippen LogP contribution in [0.3, 0.4) is 0 Å². The molecule has 0 bridgehead atoms. The molecule has 1 spiro atoms. The van der Waals surface area contributed by atoms with Gasteiger partial charge in [-0.3, -0.25) is 4.79 Å². The van der Waals surface area contributed by atoms with Gasteiger partial charge in [0.1, 0.15) is 11.5 Å². The number of fused-ring (bicyclic) bond motifs is 1. The number of ether oxygens (including phenoxy) is 2. The van der Waals surface area contributed by atoms with E-state index in [0.29, 0.717) is 30.9 Å². The second kappa shape index (κ2) is 6.18. The number of aromatic nitrogens is 1. The lowest BCUT2D eigenvalue weighted by Gasteiger charge is -2.43. The number of H-pyrrole nitrogens is 1. The molecule has 24 heavy (non-hydrogen) atoms. The van der Waals surface area contributed by atoms with Crippen molar-refractivity contribution >= 4 is 16.8 Å². The molecule has 2 aliphatic heterocycles. The number of aromatic amines is 1. The largest absolute Gasteiger partial charge is 0.381 e. The molecule has 0 aliphatic carbocycles. The van der Waals surface area contributed by atoms with Crippen LogP contribution in [0.25, 0.3) is 10.9 Å². The summed E-state index contributed by atoms with van der Waals surface area (Å²) in [6, 6.07) is 6.24. The van der Waals surface area contributed by atoms with Crippen LogP contribution in [0, 0.1) is 5.82 Å². The molecule has 3 heterocycles. The molecular weight excluding hydrogens is 311 g/mol. The van der Waals surface area contributed by atoms with E-state index in [9.17, 15) is 9.18 Å². The highest BCUT2D eigenvalue weighted by molar-refractivity contribution is 5.98. The fourth-order valence-corrected chi connectivity index (χ4v) is 3.73. The van der Waals surface area contributed by atoms with E-state index in [0.717, 1.165) is 31.2 Å². The van der Waals surface area contributed by atoms with Gasteiger partial charge in [-0.15, -0.1) is 0 Å². The molecule has 2 aromatic rings. The maximum atomic E-state index is 13.3. The Morgan fingerprint density at radius 2 is 2.08 bits per heavy atom. The lowest BCUT2D eigenvalue weighted by atomic mass is 9.84. The van der Waals surface area contributed by atoms with Crippen molar-refractivity contribution in [3.05, 3.63) is 35.8 Å². The van der Waals surface area contributed by atoms with Crippen LogP contribution in [-0.4, -0.2) is 42.4 Å². The van der Waals surface area contributed by atoms with Crippen molar-refractivity contribution in [3.63, 3.8) is 0 Å². The van der Waals surface area contributed by atoms with Gasteiger partial charge in [0.25, 0.3) is 5.91 Å². The highest BCUT2D eigenvalue weighted by Crippen LogP contribution is 2.34. The van der Waals surface area contributed by atoms with Gasteiger partial charge in [0.2, 0.25) is 0 Å². The summed E-state index contributed by atoms with van der Waals surface area (Å²) in [7, 11) is 0. The molecule has 2 fully saturated rings. The highest BCUT2D eigenvalue weighted by Gasteiger charge is 2.39. The monoisotopic (exact) mass is 332 g/mol. The predicted molar refractivity (Wildman–Crippen MR) is 87.5 cm³/mol. The minimum absolute atomic E-state index is 0.0903.